The lowest BCUT2D eigenvalue weighted by molar-refractivity contribution is -0.119. The number of rotatable bonds is 2. The Morgan fingerprint density at radius 1 is 1.20 bits per heavy atom. The molecule has 20 heavy (non-hydrogen) atoms. The minimum Gasteiger partial charge on any atom is -0.325 e. The van der Waals surface area contributed by atoms with E-state index >= 15 is 0 Å². The van der Waals surface area contributed by atoms with Crippen molar-refractivity contribution in [3.8, 4) is 0 Å². The van der Waals surface area contributed by atoms with Gasteiger partial charge in [-0.1, -0.05) is 20.8 Å². The molecule has 6 heteroatoms. The maximum atomic E-state index is 12.0. The molecule has 0 spiro atoms. The lowest BCUT2D eigenvalue weighted by Crippen LogP contribution is -2.45. The molecule has 6 nitrogen and oxygen atoms in total. The Balaban J connectivity index is 2.20. The van der Waals surface area contributed by atoms with Crippen LogP contribution in [0.3, 0.4) is 0 Å². The summed E-state index contributed by atoms with van der Waals surface area (Å²) in [6.07, 6.45) is 0. The third-order valence-electron chi connectivity index (χ3n) is 3.22. The predicted molar refractivity (Wildman–Crippen MR) is 74.3 cm³/mol. The van der Waals surface area contributed by atoms with Crippen molar-refractivity contribution < 1.29 is 14.4 Å². The Hall–Kier alpha value is -2.21. The molecular weight excluding hydrogens is 258 g/mol. The van der Waals surface area contributed by atoms with Crippen LogP contribution < -0.4 is 16.4 Å². The van der Waals surface area contributed by atoms with Crippen LogP contribution in [0.2, 0.25) is 0 Å². The highest BCUT2D eigenvalue weighted by Gasteiger charge is 2.29. The first-order chi connectivity index (χ1) is 9.20. The van der Waals surface area contributed by atoms with Gasteiger partial charge in [-0.05, 0) is 23.6 Å². The SMILES string of the molecule is CC(C)(C)C(N)C(=O)Nc1ccc2c(c1)C(=O)NC2=O. The molecule has 1 aliphatic rings. The molecule has 0 aliphatic carbocycles. The van der Waals surface area contributed by atoms with Crippen LogP contribution in [-0.4, -0.2) is 23.8 Å². The zero-order chi connectivity index (χ0) is 15.1. The van der Waals surface area contributed by atoms with Crippen LogP contribution >= 0.6 is 0 Å². The number of carbonyl (C=O) groups is 3. The summed E-state index contributed by atoms with van der Waals surface area (Å²) in [6, 6.07) is 3.88. The van der Waals surface area contributed by atoms with E-state index in [-0.39, 0.29) is 16.9 Å². The highest BCUT2D eigenvalue weighted by molar-refractivity contribution is 6.22. The van der Waals surface area contributed by atoms with Crippen molar-refractivity contribution in [3.05, 3.63) is 29.3 Å². The van der Waals surface area contributed by atoms with E-state index in [0.717, 1.165) is 0 Å². The second-order valence-corrected chi connectivity index (χ2v) is 5.88. The maximum absolute atomic E-state index is 12.0. The number of nitrogens with two attached hydrogens (primary N) is 1. The Kier molecular flexibility index (Phi) is 3.35. The third-order valence-corrected chi connectivity index (χ3v) is 3.22. The molecule has 0 fully saturated rings. The Labute approximate surface area is 116 Å². The molecule has 4 N–H and O–H groups in total. The quantitative estimate of drug-likeness (QED) is 0.697. The first-order valence-electron chi connectivity index (χ1n) is 6.26. The maximum Gasteiger partial charge on any atom is 0.259 e. The van der Waals surface area contributed by atoms with Crippen LogP contribution in [0.25, 0.3) is 0 Å². The van der Waals surface area contributed by atoms with Gasteiger partial charge in [-0.15, -0.1) is 0 Å². The molecule has 3 amide bonds. The minimum atomic E-state index is -0.675. The Bertz CT molecular complexity index is 602. The molecule has 1 heterocycles. The standard InChI is InChI=1S/C14H17N3O3/c1-14(2,3)10(15)13(20)16-7-4-5-8-9(6-7)12(19)17-11(8)18/h4-6,10H,15H2,1-3H3,(H,16,20)(H,17,18,19). The van der Waals surface area contributed by atoms with Gasteiger partial charge < -0.3 is 11.1 Å². The normalized spacial score (nSPS) is 15.6. The zero-order valence-electron chi connectivity index (χ0n) is 11.6. The number of hydrogen-bond donors (Lipinski definition) is 3. The average Bonchev–Trinajstić information content (AvgIpc) is 2.62. The van der Waals surface area contributed by atoms with Gasteiger partial charge in [0.05, 0.1) is 17.2 Å². The van der Waals surface area contributed by atoms with Gasteiger partial charge in [0.15, 0.2) is 0 Å². The van der Waals surface area contributed by atoms with E-state index in [1.54, 1.807) is 6.07 Å². The molecule has 0 aromatic heterocycles. The van der Waals surface area contributed by atoms with E-state index in [9.17, 15) is 14.4 Å². The average molecular weight is 275 g/mol. The third kappa shape index (κ3) is 2.55. The number of fused-ring (bicyclic) bond motifs is 1. The van der Waals surface area contributed by atoms with Gasteiger partial charge in [0, 0.05) is 5.69 Å². The van der Waals surface area contributed by atoms with Crippen LogP contribution in [0.5, 0.6) is 0 Å². The molecule has 0 radical (unpaired) electrons. The Morgan fingerprint density at radius 3 is 2.40 bits per heavy atom. The monoisotopic (exact) mass is 275 g/mol. The lowest BCUT2D eigenvalue weighted by atomic mass is 9.87. The second kappa shape index (κ2) is 4.72. The van der Waals surface area contributed by atoms with E-state index in [1.807, 2.05) is 20.8 Å². The summed E-state index contributed by atoms with van der Waals surface area (Å²) >= 11 is 0. The molecule has 1 unspecified atom stereocenters. The van der Waals surface area contributed by atoms with Crippen molar-refractivity contribution >= 4 is 23.4 Å². The second-order valence-electron chi connectivity index (χ2n) is 5.88. The summed E-state index contributed by atoms with van der Waals surface area (Å²) in [5.74, 6) is -1.21. The molecule has 0 saturated carbocycles. The fraction of sp³-hybridized carbons (Fsp3) is 0.357. The van der Waals surface area contributed by atoms with Gasteiger partial charge in [0.1, 0.15) is 0 Å². The zero-order valence-corrected chi connectivity index (χ0v) is 11.6. The molecule has 1 aromatic rings. The van der Waals surface area contributed by atoms with Crippen LogP contribution in [0.4, 0.5) is 5.69 Å². The highest BCUT2D eigenvalue weighted by Crippen LogP contribution is 2.22. The summed E-state index contributed by atoms with van der Waals surface area (Å²) in [4.78, 5) is 34.9. The van der Waals surface area contributed by atoms with Gasteiger partial charge in [0.2, 0.25) is 5.91 Å². The molecule has 1 atom stereocenters. The lowest BCUT2D eigenvalue weighted by Gasteiger charge is -2.25. The van der Waals surface area contributed by atoms with Crippen molar-refractivity contribution in [2.24, 2.45) is 11.1 Å². The van der Waals surface area contributed by atoms with E-state index in [4.69, 9.17) is 5.73 Å². The summed E-state index contributed by atoms with van der Waals surface area (Å²) in [6.45, 7) is 5.60. The highest BCUT2D eigenvalue weighted by atomic mass is 16.2. The van der Waals surface area contributed by atoms with Gasteiger partial charge in [-0.2, -0.15) is 0 Å². The first kappa shape index (κ1) is 14.2. The van der Waals surface area contributed by atoms with Crippen LogP contribution in [-0.2, 0) is 4.79 Å². The number of benzene rings is 1. The Morgan fingerprint density at radius 2 is 1.80 bits per heavy atom. The van der Waals surface area contributed by atoms with Gasteiger partial charge in [0.25, 0.3) is 11.8 Å². The summed E-state index contributed by atoms with van der Waals surface area (Å²) in [7, 11) is 0. The topological polar surface area (TPSA) is 101 Å². The number of nitrogens with one attached hydrogen (secondary N) is 2. The number of imide groups is 1. The summed E-state index contributed by atoms with van der Waals surface area (Å²) < 4.78 is 0. The fourth-order valence-corrected chi connectivity index (χ4v) is 1.86. The van der Waals surface area contributed by atoms with Gasteiger partial charge >= 0.3 is 0 Å². The largest absolute Gasteiger partial charge is 0.325 e. The smallest absolute Gasteiger partial charge is 0.259 e. The van der Waals surface area contributed by atoms with E-state index < -0.39 is 17.9 Å². The van der Waals surface area contributed by atoms with Crippen LogP contribution in [0.15, 0.2) is 18.2 Å². The summed E-state index contributed by atoms with van der Waals surface area (Å²) in [5, 5.41) is 4.85. The molecule has 106 valence electrons. The molecule has 0 bridgehead atoms. The number of anilines is 1. The number of amides is 3. The molecule has 1 aromatic carbocycles. The molecule has 2 rings (SSSR count). The minimum absolute atomic E-state index is 0.261. The molecule has 1 aliphatic heterocycles. The molecule has 0 saturated heterocycles. The van der Waals surface area contributed by atoms with Crippen LogP contribution in [0.1, 0.15) is 41.5 Å². The van der Waals surface area contributed by atoms with E-state index in [2.05, 4.69) is 10.6 Å². The predicted octanol–water partition coefficient (Wildman–Crippen LogP) is 0.882. The van der Waals surface area contributed by atoms with Gasteiger partial charge in [-0.25, -0.2) is 0 Å². The fourth-order valence-electron chi connectivity index (χ4n) is 1.86. The van der Waals surface area contributed by atoms with E-state index in [1.165, 1.54) is 12.1 Å². The summed E-state index contributed by atoms with van der Waals surface area (Å²) in [5.41, 5.74) is 6.51. The van der Waals surface area contributed by atoms with Crippen molar-refractivity contribution in [2.45, 2.75) is 26.8 Å². The van der Waals surface area contributed by atoms with Gasteiger partial charge in [-0.3, -0.25) is 19.7 Å². The first-order valence-corrected chi connectivity index (χ1v) is 6.26. The molecular formula is C14H17N3O3. The van der Waals surface area contributed by atoms with Crippen LogP contribution in [0, 0.1) is 5.41 Å². The van der Waals surface area contributed by atoms with Crippen molar-refractivity contribution in [1.82, 2.24) is 5.32 Å². The van der Waals surface area contributed by atoms with Crippen molar-refractivity contribution in [1.29, 1.82) is 0 Å². The number of hydrogen-bond acceptors (Lipinski definition) is 4. The van der Waals surface area contributed by atoms with Crippen molar-refractivity contribution in [2.75, 3.05) is 5.32 Å². The van der Waals surface area contributed by atoms with Crippen molar-refractivity contribution in [3.63, 3.8) is 0 Å². The van der Waals surface area contributed by atoms with E-state index in [0.29, 0.717) is 11.3 Å². The number of carbonyl (C=O) groups excluding carboxylic acids is 3.